The molecule has 2 rings (SSSR count). The van der Waals surface area contributed by atoms with Gasteiger partial charge in [0.25, 0.3) is 0 Å². The van der Waals surface area contributed by atoms with Gasteiger partial charge >= 0.3 is 5.97 Å². The first-order chi connectivity index (χ1) is 11.7. The Morgan fingerprint density at radius 2 is 1.84 bits per heavy atom. The molecule has 0 aliphatic carbocycles. The third-order valence-corrected chi connectivity index (χ3v) is 5.07. The maximum absolute atomic E-state index is 12.4. The lowest BCUT2D eigenvalue weighted by molar-refractivity contribution is -0.139. The second-order valence-electron chi connectivity index (χ2n) is 5.39. The maximum atomic E-state index is 12.4. The molecule has 0 saturated carbocycles. The molecule has 4 N–H and O–H groups in total. The molecule has 1 atom stereocenters. The number of hydrogen-bond acceptors (Lipinski definition) is 5. The number of sulfonamides is 1. The Hall–Kier alpha value is -2.65. The number of aliphatic carboxylic acids is 1. The molecule has 0 aliphatic heterocycles. The smallest absolute Gasteiger partial charge is 0.321 e. The normalized spacial score (nSPS) is 12.7. The summed E-state index contributed by atoms with van der Waals surface area (Å²) in [5, 5.41) is 10.6. The minimum atomic E-state index is -4.07. The molecular weight excluding hydrogens is 348 g/mol. The number of fused-ring (bicyclic) bond motifs is 1. The lowest BCUT2D eigenvalue weighted by Crippen LogP contribution is -2.41. The number of nitrogens with one attached hydrogen (secondary N) is 1. The molecule has 0 unspecified atom stereocenters. The van der Waals surface area contributed by atoms with E-state index in [0.717, 1.165) is 5.39 Å². The number of hydrogen-bond donors (Lipinski definition) is 3. The summed E-state index contributed by atoms with van der Waals surface area (Å²) in [7, 11) is -2.54. The van der Waals surface area contributed by atoms with Gasteiger partial charge in [-0.25, -0.2) is 8.42 Å². The van der Waals surface area contributed by atoms with Crippen LogP contribution in [0.2, 0.25) is 0 Å². The maximum Gasteiger partial charge on any atom is 0.321 e. The van der Waals surface area contributed by atoms with E-state index in [9.17, 15) is 18.0 Å². The zero-order valence-electron chi connectivity index (χ0n) is 13.4. The van der Waals surface area contributed by atoms with E-state index in [4.69, 9.17) is 15.6 Å². The van der Waals surface area contributed by atoms with Crippen molar-refractivity contribution in [3.05, 3.63) is 36.4 Å². The average Bonchev–Trinajstić information content (AvgIpc) is 2.57. The van der Waals surface area contributed by atoms with Crippen LogP contribution in [0.5, 0.6) is 5.75 Å². The third kappa shape index (κ3) is 4.68. The van der Waals surface area contributed by atoms with Gasteiger partial charge in [-0.2, -0.15) is 4.72 Å². The van der Waals surface area contributed by atoms with Crippen molar-refractivity contribution in [3.63, 3.8) is 0 Å². The van der Waals surface area contributed by atoms with Crippen LogP contribution in [0.25, 0.3) is 10.8 Å². The van der Waals surface area contributed by atoms with E-state index >= 15 is 0 Å². The highest BCUT2D eigenvalue weighted by molar-refractivity contribution is 7.89. The van der Waals surface area contributed by atoms with Crippen molar-refractivity contribution < 1.29 is 27.9 Å². The minimum Gasteiger partial charge on any atom is -0.497 e. The summed E-state index contributed by atoms with van der Waals surface area (Å²) in [6.07, 6.45) is -0.467. The Labute approximate surface area is 144 Å². The molecule has 0 saturated heterocycles. The highest BCUT2D eigenvalue weighted by Crippen LogP contribution is 2.23. The number of carboxylic acid groups (broad SMARTS) is 1. The molecule has 1 amide bonds. The van der Waals surface area contributed by atoms with Gasteiger partial charge in [-0.3, -0.25) is 9.59 Å². The average molecular weight is 366 g/mol. The second-order valence-corrected chi connectivity index (χ2v) is 7.11. The quantitative estimate of drug-likeness (QED) is 0.633. The van der Waals surface area contributed by atoms with Crippen molar-refractivity contribution in [2.24, 2.45) is 5.73 Å². The van der Waals surface area contributed by atoms with Crippen LogP contribution in [0.15, 0.2) is 41.3 Å². The fraction of sp³-hybridized carbons (Fsp3) is 0.250. The van der Waals surface area contributed by atoms with Crippen LogP contribution in [-0.4, -0.2) is 38.6 Å². The van der Waals surface area contributed by atoms with Crippen LogP contribution in [0.1, 0.15) is 12.8 Å². The number of benzene rings is 2. The summed E-state index contributed by atoms with van der Waals surface area (Å²) in [5.41, 5.74) is 4.98. The number of carbonyl (C=O) groups is 2. The topological polar surface area (TPSA) is 136 Å². The molecule has 2 aromatic rings. The molecule has 0 fully saturated rings. The first-order valence-electron chi connectivity index (χ1n) is 7.34. The number of rotatable bonds is 8. The summed E-state index contributed by atoms with van der Waals surface area (Å²) in [5.74, 6) is -1.45. The number of nitrogens with two attached hydrogens (primary N) is 1. The number of carboxylic acids is 1. The molecule has 8 nitrogen and oxygen atoms in total. The fourth-order valence-corrected chi connectivity index (χ4v) is 3.53. The van der Waals surface area contributed by atoms with E-state index in [0.29, 0.717) is 11.1 Å². The molecule has 0 heterocycles. The van der Waals surface area contributed by atoms with Gasteiger partial charge < -0.3 is 15.6 Å². The molecule has 25 heavy (non-hydrogen) atoms. The second kappa shape index (κ2) is 7.49. The van der Waals surface area contributed by atoms with Gasteiger partial charge in [-0.05, 0) is 41.5 Å². The van der Waals surface area contributed by atoms with Gasteiger partial charge in [0.05, 0.1) is 12.0 Å². The molecule has 0 aromatic heterocycles. The van der Waals surface area contributed by atoms with Crippen molar-refractivity contribution in [1.29, 1.82) is 0 Å². The molecule has 2 aromatic carbocycles. The predicted molar refractivity (Wildman–Crippen MR) is 90.7 cm³/mol. The van der Waals surface area contributed by atoms with Gasteiger partial charge in [0.1, 0.15) is 11.8 Å². The Bertz CT molecular complexity index is 910. The highest BCUT2D eigenvalue weighted by atomic mass is 32.2. The monoisotopic (exact) mass is 366 g/mol. The molecule has 0 aliphatic rings. The third-order valence-electron chi connectivity index (χ3n) is 3.60. The zero-order chi connectivity index (χ0) is 18.6. The lowest BCUT2D eigenvalue weighted by atomic mass is 10.1. The Morgan fingerprint density at radius 3 is 2.44 bits per heavy atom. The number of amides is 1. The van der Waals surface area contributed by atoms with E-state index in [2.05, 4.69) is 4.72 Å². The Balaban J connectivity index is 2.29. The van der Waals surface area contributed by atoms with Gasteiger partial charge in [-0.15, -0.1) is 0 Å². The van der Waals surface area contributed by atoms with Gasteiger partial charge in [0.15, 0.2) is 0 Å². The van der Waals surface area contributed by atoms with E-state index in [-0.39, 0.29) is 17.7 Å². The van der Waals surface area contributed by atoms with Crippen molar-refractivity contribution in [3.8, 4) is 5.75 Å². The summed E-state index contributed by atoms with van der Waals surface area (Å²) in [6, 6.07) is 8.12. The Morgan fingerprint density at radius 1 is 1.20 bits per heavy atom. The van der Waals surface area contributed by atoms with Crippen molar-refractivity contribution in [2.75, 3.05) is 7.11 Å². The van der Waals surface area contributed by atoms with Crippen LogP contribution in [0.3, 0.4) is 0 Å². The molecule has 0 spiro atoms. The molecular formula is C16H18N2O6S. The molecule has 0 radical (unpaired) electrons. The predicted octanol–water partition coefficient (Wildman–Crippen LogP) is 0.845. The van der Waals surface area contributed by atoms with E-state index in [1.807, 2.05) is 0 Å². The van der Waals surface area contributed by atoms with E-state index in [1.54, 1.807) is 24.3 Å². The number of methoxy groups -OCH3 is 1. The SMILES string of the molecule is COc1ccc2cc(S(=O)(=O)N[C@@H](CCC(N)=O)C(=O)O)ccc2c1. The first-order valence-corrected chi connectivity index (χ1v) is 8.82. The summed E-state index contributed by atoms with van der Waals surface area (Å²) < 4.78 is 32.1. The highest BCUT2D eigenvalue weighted by Gasteiger charge is 2.25. The van der Waals surface area contributed by atoms with Crippen molar-refractivity contribution >= 4 is 32.7 Å². The standard InChI is InChI=1S/C16H18N2O6S/c1-24-12-4-2-11-9-13(5-3-10(11)8-12)25(22,23)18-14(16(20)21)6-7-15(17)19/h2-5,8-9,14,18H,6-7H2,1H3,(H2,17,19)(H,20,21)/t14-/m0/s1. The van der Waals surface area contributed by atoms with Crippen LogP contribution in [0.4, 0.5) is 0 Å². The summed E-state index contributed by atoms with van der Waals surface area (Å²) in [6.45, 7) is 0. The molecule has 9 heteroatoms. The van der Waals surface area contributed by atoms with Gasteiger partial charge in [0.2, 0.25) is 15.9 Å². The summed E-state index contributed by atoms with van der Waals surface area (Å²) in [4.78, 5) is 21.9. The van der Waals surface area contributed by atoms with Crippen LogP contribution >= 0.6 is 0 Å². The van der Waals surface area contributed by atoms with Crippen LogP contribution in [-0.2, 0) is 19.6 Å². The van der Waals surface area contributed by atoms with Gasteiger partial charge in [-0.1, -0.05) is 12.1 Å². The van der Waals surface area contributed by atoms with Crippen molar-refractivity contribution in [2.45, 2.75) is 23.8 Å². The minimum absolute atomic E-state index is 0.0736. The summed E-state index contributed by atoms with van der Waals surface area (Å²) >= 11 is 0. The largest absolute Gasteiger partial charge is 0.497 e. The fourth-order valence-electron chi connectivity index (χ4n) is 2.27. The first kappa shape index (κ1) is 18.7. The molecule has 0 bridgehead atoms. The number of carbonyl (C=O) groups excluding carboxylic acids is 1. The van der Waals surface area contributed by atoms with Crippen LogP contribution in [0, 0.1) is 0 Å². The van der Waals surface area contributed by atoms with E-state index < -0.39 is 27.9 Å². The van der Waals surface area contributed by atoms with Gasteiger partial charge in [0, 0.05) is 6.42 Å². The van der Waals surface area contributed by atoms with Crippen molar-refractivity contribution in [1.82, 2.24) is 4.72 Å². The number of ether oxygens (including phenoxy) is 1. The zero-order valence-corrected chi connectivity index (χ0v) is 14.2. The Kier molecular flexibility index (Phi) is 5.60. The van der Waals surface area contributed by atoms with E-state index in [1.165, 1.54) is 19.2 Å². The molecule has 134 valence electrons. The lowest BCUT2D eigenvalue weighted by Gasteiger charge is -2.14. The number of primary amides is 1. The van der Waals surface area contributed by atoms with Crippen LogP contribution < -0.4 is 15.2 Å².